The lowest BCUT2D eigenvalue weighted by atomic mass is 9.92. The number of benzene rings is 1. The molecule has 0 bridgehead atoms. The summed E-state index contributed by atoms with van der Waals surface area (Å²) >= 11 is 2.26. The lowest BCUT2D eigenvalue weighted by molar-refractivity contribution is -0.207. The van der Waals surface area contributed by atoms with Gasteiger partial charge in [0, 0.05) is 3.57 Å². The van der Waals surface area contributed by atoms with Crippen LogP contribution in [0.1, 0.15) is 25.5 Å². The van der Waals surface area contributed by atoms with Crippen LogP contribution in [0.3, 0.4) is 0 Å². The molecule has 114 valence electrons. The molecule has 2 saturated heterocycles. The van der Waals surface area contributed by atoms with Crippen molar-refractivity contribution < 1.29 is 19.5 Å². The molecule has 6 heteroatoms. The molecule has 1 aromatic rings. The van der Waals surface area contributed by atoms with E-state index in [9.17, 15) is 9.90 Å². The average molecular weight is 403 g/mol. The number of esters is 1. The minimum atomic E-state index is -0.440. The molecule has 2 fully saturated rings. The molecule has 21 heavy (non-hydrogen) atoms. The van der Waals surface area contributed by atoms with Crippen LogP contribution in [-0.2, 0) is 14.4 Å². The predicted octanol–water partition coefficient (Wildman–Crippen LogP) is 1.89. The fourth-order valence-corrected chi connectivity index (χ4v) is 3.78. The molecule has 2 heterocycles. The van der Waals surface area contributed by atoms with Crippen LogP contribution in [-0.4, -0.2) is 41.0 Å². The molecule has 0 spiro atoms. The Balaban J connectivity index is 1.90. The highest BCUT2D eigenvalue weighted by molar-refractivity contribution is 14.1. The Hall–Kier alpha value is -0.700. The smallest absolute Gasteiger partial charge is 0.326 e. The number of carbonyl (C=O) groups excluding carboxylic acids is 1. The van der Waals surface area contributed by atoms with Crippen molar-refractivity contribution in [1.82, 2.24) is 5.06 Å². The summed E-state index contributed by atoms with van der Waals surface area (Å²) in [4.78, 5) is 18.0. The molecule has 0 radical (unpaired) electrons. The van der Waals surface area contributed by atoms with E-state index in [-0.39, 0.29) is 36.7 Å². The summed E-state index contributed by atoms with van der Waals surface area (Å²) in [5, 5.41) is 11.2. The van der Waals surface area contributed by atoms with Crippen LogP contribution in [0.15, 0.2) is 24.3 Å². The van der Waals surface area contributed by atoms with Crippen LogP contribution in [0.4, 0.5) is 0 Å². The molecule has 0 amide bonds. The number of hydroxylamine groups is 2. The standard InChI is InChI=1S/C15H18INO4/c1-8(10-4-3-5-11(16)6-10)17-14-13(12(7-18)21-17)9(2)20-15(14)19/h3-6,8-9,12-14,18H,7H2,1-2H3/t8?,9-,12-,13+,14-/m0/s1. The summed E-state index contributed by atoms with van der Waals surface area (Å²) < 4.78 is 6.46. The monoisotopic (exact) mass is 403 g/mol. The zero-order valence-electron chi connectivity index (χ0n) is 11.9. The van der Waals surface area contributed by atoms with E-state index in [4.69, 9.17) is 9.57 Å². The third-order valence-electron chi connectivity index (χ3n) is 4.30. The van der Waals surface area contributed by atoms with Crippen LogP contribution in [0.2, 0.25) is 0 Å². The fraction of sp³-hybridized carbons (Fsp3) is 0.533. The first-order chi connectivity index (χ1) is 10.0. The summed E-state index contributed by atoms with van der Waals surface area (Å²) in [6.07, 6.45) is -0.616. The van der Waals surface area contributed by atoms with Crippen molar-refractivity contribution in [1.29, 1.82) is 0 Å². The Morgan fingerprint density at radius 3 is 2.90 bits per heavy atom. The third-order valence-corrected chi connectivity index (χ3v) is 4.97. The summed E-state index contributed by atoms with van der Waals surface area (Å²) in [5.41, 5.74) is 1.08. The van der Waals surface area contributed by atoms with Crippen molar-refractivity contribution in [3.63, 3.8) is 0 Å². The molecule has 1 unspecified atom stereocenters. The number of aliphatic hydroxyl groups excluding tert-OH is 1. The normalized spacial score (nSPS) is 33.8. The molecular weight excluding hydrogens is 385 g/mol. The van der Waals surface area contributed by atoms with Gasteiger partial charge in [-0.05, 0) is 54.1 Å². The second kappa shape index (κ2) is 5.83. The maximum atomic E-state index is 12.1. The fourth-order valence-electron chi connectivity index (χ4n) is 3.22. The highest BCUT2D eigenvalue weighted by atomic mass is 127. The number of halogens is 1. The van der Waals surface area contributed by atoms with E-state index in [1.54, 1.807) is 5.06 Å². The van der Waals surface area contributed by atoms with Crippen LogP contribution in [0.25, 0.3) is 0 Å². The number of ether oxygens (including phenoxy) is 1. The number of carbonyl (C=O) groups is 1. The van der Waals surface area contributed by atoms with Gasteiger partial charge in [0.15, 0.2) is 0 Å². The molecule has 5 atom stereocenters. The molecule has 1 aromatic carbocycles. The van der Waals surface area contributed by atoms with Crippen molar-refractivity contribution >= 4 is 28.6 Å². The third kappa shape index (κ3) is 2.58. The number of hydrogen-bond acceptors (Lipinski definition) is 5. The maximum absolute atomic E-state index is 12.1. The van der Waals surface area contributed by atoms with Gasteiger partial charge < -0.3 is 9.84 Å². The zero-order valence-corrected chi connectivity index (χ0v) is 14.1. The number of nitrogens with zero attached hydrogens (tertiary/aromatic N) is 1. The number of aliphatic hydroxyl groups is 1. The van der Waals surface area contributed by atoms with Crippen LogP contribution in [0, 0.1) is 9.49 Å². The quantitative estimate of drug-likeness (QED) is 0.617. The van der Waals surface area contributed by atoms with Crippen molar-refractivity contribution in [3.05, 3.63) is 33.4 Å². The topological polar surface area (TPSA) is 59.0 Å². The van der Waals surface area contributed by atoms with Gasteiger partial charge in [-0.25, -0.2) is 0 Å². The summed E-state index contributed by atoms with van der Waals surface area (Å²) in [7, 11) is 0. The summed E-state index contributed by atoms with van der Waals surface area (Å²) in [6, 6.07) is 7.57. The average Bonchev–Trinajstić information content (AvgIpc) is 2.98. The van der Waals surface area contributed by atoms with Gasteiger partial charge in [0.25, 0.3) is 0 Å². The molecule has 1 N–H and O–H groups in total. The van der Waals surface area contributed by atoms with Crippen molar-refractivity contribution in [2.24, 2.45) is 5.92 Å². The molecule has 3 rings (SSSR count). The number of cyclic esters (lactones) is 1. The Kier molecular flexibility index (Phi) is 4.22. The number of rotatable bonds is 3. The Bertz CT molecular complexity index is 552. The van der Waals surface area contributed by atoms with E-state index < -0.39 is 6.04 Å². The van der Waals surface area contributed by atoms with Gasteiger partial charge in [0.05, 0.1) is 18.6 Å². The minimum Gasteiger partial charge on any atom is -0.461 e. The Morgan fingerprint density at radius 2 is 2.24 bits per heavy atom. The Labute approximate surface area is 137 Å². The van der Waals surface area contributed by atoms with Gasteiger partial charge in [-0.1, -0.05) is 12.1 Å². The van der Waals surface area contributed by atoms with Gasteiger partial charge in [-0.15, -0.1) is 0 Å². The first kappa shape index (κ1) is 15.2. The largest absolute Gasteiger partial charge is 0.461 e. The summed E-state index contributed by atoms with van der Waals surface area (Å²) in [5.74, 6) is -0.381. The molecule has 5 nitrogen and oxygen atoms in total. The second-order valence-corrected chi connectivity index (χ2v) is 6.83. The maximum Gasteiger partial charge on any atom is 0.326 e. The van der Waals surface area contributed by atoms with E-state index in [0.29, 0.717) is 0 Å². The van der Waals surface area contributed by atoms with E-state index in [1.807, 2.05) is 32.0 Å². The molecule has 2 aliphatic heterocycles. The molecule has 0 saturated carbocycles. The number of hydrogen-bond donors (Lipinski definition) is 1. The molecule has 0 aromatic heterocycles. The summed E-state index contributed by atoms with van der Waals surface area (Å²) in [6.45, 7) is 3.74. The predicted molar refractivity (Wildman–Crippen MR) is 84.2 cm³/mol. The van der Waals surface area contributed by atoms with Gasteiger partial charge in [-0.2, -0.15) is 5.06 Å². The molecular formula is C15H18INO4. The van der Waals surface area contributed by atoms with Crippen LogP contribution >= 0.6 is 22.6 Å². The molecule has 2 aliphatic rings. The van der Waals surface area contributed by atoms with E-state index >= 15 is 0 Å². The highest BCUT2D eigenvalue weighted by Crippen LogP contribution is 2.41. The lowest BCUT2D eigenvalue weighted by Crippen LogP contribution is -2.37. The van der Waals surface area contributed by atoms with Gasteiger partial charge >= 0.3 is 5.97 Å². The zero-order chi connectivity index (χ0) is 15.1. The van der Waals surface area contributed by atoms with Crippen molar-refractivity contribution in [2.75, 3.05) is 6.61 Å². The lowest BCUT2D eigenvalue weighted by Gasteiger charge is -2.27. The molecule has 0 aliphatic carbocycles. The number of fused-ring (bicyclic) bond motifs is 1. The first-order valence-electron chi connectivity index (χ1n) is 7.05. The first-order valence-corrected chi connectivity index (χ1v) is 8.12. The van der Waals surface area contributed by atoms with Gasteiger partial charge in [0.2, 0.25) is 0 Å². The SMILES string of the molecule is CC(c1cccc(I)c1)N1O[C@@H](CO)[C@H]2[C@H](C)OC(=O)[C@H]21. The van der Waals surface area contributed by atoms with Crippen LogP contribution < -0.4 is 0 Å². The Morgan fingerprint density at radius 1 is 1.48 bits per heavy atom. The minimum absolute atomic E-state index is 0.0818. The second-order valence-electron chi connectivity index (χ2n) is 5.58. The van der Waals surface area contributed by atoms with Gasteiger partial charge in [-0.3, -0.25) is 9.63 Å². The van der Waals surface area contributed by atoms with E-state index in [2.05, 4.69) is 28.7 Å². The van der Waals surface area contributed by atoms with E-state index in [0.717, 1.165) is 9.13 Å². The van der Waals surface area contributed by atoms with Crippen molar-refractivity contribution in [3.8, 4) is 0 Å². The van der Waals surface area contributed by atoms with Crippen molar-refractivity contribution in [2.45, 2.75) is 38.1 Å². The van der Waals surface area contributed by atoms with E-state index in [1.165, 1.54) is 0 Å². The highest BCUT2D eigenvalue weighted by Gasteiger charge is 2.57. The van der Waals surface area contributed by atoms with Crippen LogP contribution in [0.5, 0.6) is 0 Å². The van der Waals surface area contributed by atoms with Gasteiger partial charge in [0.1, 0.15) is 18.2 Å².